The summed E-state index contributed by atoms with van der Waals surface area (Å²) in [5, 5.41) is 11.4. The van der Waals surface area contributed by atoms with Gasteiger partial charge in [-0.1, -0.05) is 23.4 Å². The molecule has 1 amide bonds. The van der Waals surface area contributed by atoms with Crippen LogP contribution in [0.4, 0.5) is 5.00 Å². The molecule has 10 nitrogen and oxygen atoms in total. The Kier molecular flexibility index (Phi) is 9.52. The molecule has 35 heavy (non-hydrogen) atoms. The number of anilines is 1. The molecule has 3 aromatic rings. The highest BCUT2D eigenvalue weighted by Crippen LogP contribution is 2.34. The Balaban J connectivity index is 1.61. The Bertz CT molecular complexity index is 1190. The SMILES string of the molecule is CCOC(=O)c1sc(NC(=O)CSc2nnc(COc3ccc(Cl)cc3)o2)c(C(=O)OCC)c1C. The maximum atomic E-state index is 12.6. The van der Waals surface area contributed by atoms with Crippen LogP contribution in [0.3, 0.4) is 0 Å². The van der Waals surface area contributed by atoms with Gasteiger partial charge in [-0.25, -0.2) is 9.59 Å². The number of hydrogen-bond acceptors (Lipinski definition) is 11. The molecule has 1 N–H and O–H groups in total. The van der Waals surface area contributed by atoms with Crippen molar-refractivity contribution in [3.8, 4) is 5.75 Å². The number of aromatic nitrogens is 2. The summed E-state index contributed by atoms with van der Waals surface area (Å²) in [6.07, 6.45) is 0. The third kappa shape index (κ3) is 7.20. The van der Waals surface area contributed by atoms with Crippen LogP contribution < -0.4 is 10.1 Å². The van der Waals surface area contributed by atoms with Crippen molar-refractivity contribution in [2.45, 2.75) is 32.6 Å². The van der Waals surface area contributed by atoms with Gasteiger partial charge in [-0.2, -0.15) is 0 Å². The summed E-state index contributed by atoms with van der Waals surface area (Å²) in [5.74, 6) is -0.897. The van der Waals surface area contributed by atoms with Gasteiger partial charge in [0.1, 0.15) is 15.6 Å². The van der Waals surface area contributed by atoms with E-state index in [1.807, 2.05) is 0 Å². The van der Waals surface area contributed by atoms with Gasteiger partial charge in [0.05, 0.1) is 24.5 Å². The Morgan fingerprint density at radius 3 is 2.46 bits per heavy atom. The molecule has 186 valence electrons. The van der Waals surface area contributed by atoms with Crippen LogP contribution in [0.15, 0.2) is 33.9 Å². The van der Waals surface area contributed by atoms with Gasteiger partial charge in [0.2, 0.25) is 5.91 Å². The lowest BCUT2D eigenvalue weighted by Crippen LogP contribution is -2.16. The third-order valence-electron chi connectivity index (χ3n) is 4.29. The molecule has 0 fully saturated rings. The molecule has 0 unspecified atom stereocenters. The predicted molar refractivity (Wildman–Crippen MR) is 130 cm³/mol. The highest BCUT2D eigenvalue weighted by atomic mass is 35.5. The maximum Gasteiger partial charge on any atom is 0.348 e. The number of hydrogen-bond donors (Lipinski definition) is 1. The van der Waals surface area contributed by atoms with Crippen molar-refractivity contribution < 1.29 is 33.0 Å². The van der Waals surface area contributed by atoms with Gasteiger partial charge in [0.25, 0.3) is 11.1 Å². The van der Waals surface area contributed by atoms with Gasteiger partial charge in [-0.15, -0.1) is 21.5 Å². The van der Waals surface area contributed by atoms with Crippen LogP contribution >= 0.6 is 34.7 Å². The van der Waals surface area contributed by atoms with Gasteiger partial charge in [-0.05, 0) is 50.6 Å². The van der Waals surface area contributed by atoms with Crippen LogP contribution in [-0.2, 0) is 20.9 Å². The maximum absolute atomic E-state index is 12.6. The van der Waals surface area contributed by atoms with E-state index in [1.54, 1.807) is 45.0 Å². The number of nitrogens with one attached hydrogen (secondary N) is 1. The van der Waals surface area contributed by atoms with Crippen LogP contribution in [0.1, 0.15) is 45.3 Å². The lowest BCUT2D eigenvalue weighted by Gasteiger charge is -2.06. The summed E-state index contributed by atoms with van der Waals surface area (Å²) in [5.41, 5.74) is 0.509. The molecule has 0 radical (unpaired) electrons. The largest absolute Gasteiger partial charge is 0.484 e. The first kappa shape index (κ1) is 26.5. The molecule has 2 heterocycles. The summed E-state index contributed by atoms with van der Waals surface area (Å²) >= 11 is 7.81. The first-order valence-electron chi connectivity index (χ1n) is 10.4. The van der Waals surface area contributed by atoms with Crippen molar-refractivity contribution in [1.82, 2.24) is 10.2 Å². The minimum atomic E-state index is -0.637. The molecule has 0 spiro atoms. The molecule has 0 saturated heterocycles. The molecule has 0 atom stereocenters. The average Bonchev–Trinajstić information content (AvgIpc) is 3.41. The molecule has 1 aromatic carbocycles. The van der Waals surface area contributed by atoms with Crippen molar-refractivity contribution in [3.05, 3.63) is 51.2 Å². The van der Waals surface area contributed by atoms with Gasteiger partial charge in [0, 0.05) is 5.02 Å². The molecule has 13 heteroatoms. The van der Waals surface area contributed by atoms with Gasteiger partial charge in [-0.3, -0.25) is 4.79 Å². The summed E-state index contributed by atoms with van der Waals surface area (Å²) < 4.78 is 21.2. The number of carbonyl (C=O) groups is 3. The average molecular weight is 540 g/mol. The molecule has 2 aromatic heterocycles. The van der Waals surface area contributed by atoms with Crippen molar-refractivity contribution in [1.29, 1.82) is 0 Å². The monoisotopic (exact) mass is 539 g/mol. The zero-order valence-electron chi connectivity index (χ0n) is 19.1. The van der Waals surface area contributed by atoms with E-state index >= 15 is 0 Å². The minimum Gasteiger partial charge on any atom is -0.484 e. The number of thioether (sulfide) groups is 1. The second-order valence-electron chi connectivity index (χ2n) is 6.74. The van der Waals surface area contributed by atoms with Gasteiger partial charge >= 0.3 is 11.9 Å². The number of esters is 2. The van der Waals surface area contributed by atoms with E-state index in [0.29, 0.717) is 16.3 Å². The fraction of sp³-hybridized carbons (Fsp3) is 0.318. The highest BCUT2D eigenvalue weighted by Gasteiger charge is 2.27. The first-order valence-corrected chi connectivity index (χ1v) is 12.6. The number of benzene rings is 1. The molecule has 0 aliphatic heterocycles. The smallest absolute Gasteiger partial charge is 0.348 e. The van der Waals surface area contributed by atoms with E-state index in [-0.39, 0.29) is 52.1 Å². The zero-order valence-corrected chi connectivity index (χ0v) is 21.5. The van der Waals surface area contributed by atoms with Crippen LogP contribution in [0, 0.1) is 6.92 Å². The Labute approximate surface area is 214 Å². The van der Waals surface area contributed by atoms with E-state index in [2.05, 4.69) is 15.5 Å². The van der Waals surface area contributed by atoms with Crippen molar-refractivity contribution >= 4 is 57.5 Å². The first-order chi connectivity index (χ1) is 16.8. The van der Waals surface area contributed by atoms with Crippen LogP contribution in [-0.4, -0.2) is 47.0 Å². The number of halogens is 1. The normalized spacial score (nSPS) is 10.6. The van der Waals surface area contributed by atoms with E-state index < -0.39 is 17.8 Å². The molecule has 3 rings (SSSR count). The van der Waals surface area contributed by atoms with Gasteiger partial charge in [0.15, 0.2) is 6.61 Å². The van der Waals surface area contributed by atoms with Crippen LogP contribution in [0.25, 0.3) is 0 Å². The van der Waals surface area contributed by atoms with Crippen molar-refractivity contribution in [2.75, 3.05) is 24.3 Å². The summed E-state index contributed by atoms with van der Waals surface area (Å²) in [4.78, 5) is 37.5. The topological polar surface area (TPSA) is 130 Å². The number of ether oxygens (including phenoxy) is 3. The molecular weight excluding hydrogens is 518 g/mol. The van der Waals surface area contributed by atoms with Crippen LogP contribution in [0.5, 0.6) is 5.75 Å². The number of rotatable bonds is 11. The molecule has 0 aliphatic rings. The summed E-state index contributed by atoms with van der Waals surface area (Å²) in [6.45, 7) is 5.33. The lowest BCUT2D eigenvalue weighted by atomic mass is 10.1. The molecular formula is C22H22ClN3O7S2. The fourth-order valence-electron chi connectivity index (χ4n) is 2.76. The van der Waals surface area contributed by atoms with Crippen LogP contribution in [0.2, 0.25) is 5.02 Å². The molecule has 0 saturated carbocycles. The van der Waals surface area contributed by atoms with Crippen molar-refractivity contribution in [2.24, 2.45) is 0 Å². The van der Waals surface area contributed by atoms with E-state index in [4.69, 9.17) is 30.2 Å². The fourth-order valence-corrected chi connectivity index (χ4v) is 4.57. The predicted octanol–water partition coefficient (Wildman–Crippen LogP) is 4.76. The number of thiophene rings is 1. The molecule has 0 bridgehead atoms. The number of amides is 1. The number of carbonyl (C=O) groups excluding carboxylic acids is 3. The number of nitrogens with zero attached hydrogens (tertiary/aromatic N) is 2. The second kappa shape index (κ2) is 12.6. The Morgan fingerprint density at radius 1 is 1.09 bits per heavy atom. The van der Waals surface area contributed by atoms with Gasteiger partial charge < -0.3 is 23.9 Å². The standard InChI is InChI=1S/C22H22ClN3O7S2/c1-4-30-20(28)17-12(3)18(21(29)31-5-2)35-19(17)24-15(27)11-34-22-26-25-16(33-22)10-32-14-8-6-13(23)7-9-14/h6-9H,4-5,10-11H2,1-3H3,(H,24,27). The Morgan fingerprint density at radius 2 is 1.77 bits per heavy atom. The lowest BCUT2D eigenvalue weighted by molar-refractivity contribution is -0.113. The zero-order chi connectivity index (χ0) is 25.4. The van der Waals surface area contributed by atoms with Crippen molar-refractivity contribution in [3.63, 3.8) is 0 Å². The highest BCUT2D eigenvalue weighted by molar-refractivity contribution is 7.99. The third-order valence-corrected chi connectivity index (χ3v) is 6.55. The Hall–Kier alpha value is -3.09. The summed E-state index contributed by atoms with van der Waals surface area (Å²) in [6, 6.07) is 6.82. The van der Waals surface area contributed by atoms with E-state index in [1.165, 1.54) is 0 Å². The second-order valence-corrected chi connectivity index (χ2v) is 9.13. The summed E-state index contributed by atoms with van der Waals surface area (Å²) in [7, 11) is 0. The van der Waals surface area contributed by atoms with E-state index in [0.717, 1.165) is 23.1 Å². The van der Waals surface area contributed by atoms with E-state index in [9.17, 15) is 14.4 Å². The molecule has 0 aliphatic carbocycles. The minimum absolute atomic E-state index is 0.0510. The quantitative estimate of drug-likeness (QED) is 0.269.